The first-order valence-corrected chi connectivity index (χ1v) is 5.71. The van der Waals surface area contributed by atoms with Crippen LogP contribution in [0.15, 0.2) is 0 Å². The number of halogens is 1. The van der Waals surface area contributed by atoms with Gasteiger partial charge in [-0.3, -0.25) is 0 Å². The van der Waals surface area contributed by atoms with Crippen molar-refractivity contribution in [3.63, 3.8) is 0 Å². The van der Waals surface area contributed by atoms with Crippen LogP contribution in [0, 0.1) is 18.3 Å². The van der Waals surface area contributed by atoms with Crippen molar-refractivity contribution in [1.82, 2.24) is 0 Å². The molecule has 1 aliphatic carbocycles. The second kappa shape index (κ2) is 10.8. The first-order valence-electron chi connectivity index (χ1n) is 5.71. The van der Waals surface area contributed by atoms with E-state index >= 15 is 0 Å². The third-order valence-electron chi connectivity index (χ3n) is 3.01. The van der Waals surface area contributed by atoms with Crippen LogP contribution in [0.3, 0.4) is 0 Å². The van der Waals surface area contributed by atoms with Crippen LogP contribution in [0.25, 0.3) is 0 Å². The van der Waals surface area contributed by atoms with E-state index < -0.39 is 0 Å². The second-order valence-electron chi connectivity index (χ2n) is 4.22. The SMILES string of the molecule is CCCC1[CH-]C(CCC)CCC1.[Br-].[Mg+2]. The van der Waals surface area contributed by atoms with Crippen molar-refractivity contribution in [2.75, 3.05) is 0 Å². The zero-order chi connectivity index (χ0) is 8.81. The Bertz CT molecular complexity index is 101. The molecule has 1 saturated carbocycles. The maximum Gasteiger partial charge on any atom is 2.00 e. The fourth-order valence-corrected chi connectivity index (χ4v) is 2.44. The largest absolute Gasteiger partial charge is 2.00 e. The summed E-state index contributed by atoms with van der Waals surface area (Å²) in [6, 6.07) is 0. The normalized spacial score (nSPS) is 26.1. The van der Waals surface area contributed by atoms with Gasteiger partial charge in [-0.05, 0) is 0 Å². The molecule has 0 nitrogen and oxygen atoms in total. The fourth-order valence-electron chi connectivity index (χ4n) is 2.44. The average Bonchev–Trinajstić information content (AvgIpc) is 2.06. The van der Waals surface area contributed by atoms with Crippen molar-refractivity contribution in [2.24, 2.45) is 11.8 Å². The first kappa shape index (κ1) is 17.6. The molecule has 0 radical (unpaired) electrons. The molecule has 0 aromatic carbocycles. The van der Waals surface area contributed by atoms with Gasteiger partial charge in [0.25, 0.3) is 0 Å². The summed E-state index contributed by atoms with van der Waals surface area (Å²) in [5.74, 6) is 1.92. The minimum Gasteiger partial charge on any atom is -1.00 e. The van der Waals surface area contributed by atoms with Crippen molar-refractivity contribution < 1.29 is 17.0 Å². The predicted octanol–water partition coefficient (Wildman–Crippen LogP) is 0.830. The topological polar surface area (TPSA) is 0 Å². The predicted molar refractivity (Wildman–Crippen MR) is 60.7 cm³/mol. The van der Waals surface area contributed by atoms with Crippen LogP contribution in [0.2, 0.25) is 0 Å². The molecule has 0 aliphatic heterocycles. The molecule has 14 heavy (non-hydrogen) atoms. The summed E-state index contributed by atoms with van der Waals surface area (Å²) in [7, 11) is 0. The van der Waals surface area contributed by atoms with Gasteiger partial charge in [-0.15, -0.1) is 0 Å². The van der Waals surface area contributed by atoms with E-state index in [0.717, 1.165) is 11.8 Å². The van der Waals surface area contributed by atoms with E-state index in [4.69, 9.17) is 0 Å². The molecule has 0 N–H and O–H groups in total. The molecule has 80 valence electrons. The first-order chi connectivity index (χ1) is 5.86. The minimum atomic E-state index is 0. The van der Waals surface area contributed by atoms with Gasteiger partial charge in [-0.2, -0.15) is 11.8 Å². The van der Waals surface area contributed by atoms with Gasteiger partial charge in [0.1, 0.15) is 0 Å². The van der Waals surface area contributed by atoms with Gasteiger partial charge in [0.2, 0.25) is 0 Å². The Balaban J connectivity index is 0. The third-order valence-corrected chi connectivity index (χ3v) is 3.01. The van der Waals surface area contributed by atoms with E-state index in [1.165, 1.54) is 44.9 Å². The van der Waals surface area contributed by atoms with Gasteiger partial charge in [0.15, 0.2) is 0 Å². The number of hydrogen-bond acceptors (Lipinski definition) is 0. The fraction of sp³-hybridized carbons (Fsp3) is 0.917. The van der Waals surface area contributed by atoms with Crippen LogP contribution < -0.4 is 17.0 Å². The molecular formula is C12H23BrMg. The smallest absolute Gasteiger partial charge is 1.00 e. The molecule has 0 saturated heterocycles. The van der Waals surface area contributed by atoms with E-state index in [2.05, 4.69) is 20.3 Å². The quantitative estimate of drug-likeness (QED) is 0.525. The van der Waals surface area contributed by atoms with Crippen LogP contribution in [0.4, 0.5) is 0 Å². The molecule has 1 aliphatic rings. The second-order valence-corrected chi connectivity index (χ2v) is 4.22. The standard InChI is InChI=1S/C12H23.BrH.Mg/c1-3-6-11-8-5-9-12(10-11)7-4-2;;/h10-12H,3-9H2,1-2H3;1H;/q-1;;+2/p-1. The zero-order valence-electron chi connectivity index (χ0n) is 9.77. The van der Waals surface area contributed by atoms with Crippen molar-refractivity contribution in [1.29, 1.82) is 0 Å². The Kier molecular flexibility index (Phi) is 13.5. The van der Waals surface area contributed by atoms with Gasteiger partial charge in [-0.1, -0.05) is 58.8 Å². The zero-order valence-corrected chi connectivity index (χ0v) is 12.8. The maximum atomic E-state index is 2.65. The Morgan fingerprint density at radius 3 is 1.79 bits per heavy atom. The summed E-state index contributed by atoms with van der Waals surface area (Å²) in [5.41, 5.74) is 0. The third kappa shape index (κ3) is 6.68. The van der Waals surface area contributed by atoms with Crippen molar-refractivity contribution >= 4 is 23.1 Å². The van der Waals surface area contributed by atoms with Crippen molar-refractivity contribution in [3.05, 3.63) is 6.42 Å². The molecule has 1 fully saturated rings. The molecule has 0 aromatic rings. The van der Waals surface area contributed by atoms with E-state index in [1.54, 1.807) is 0 Å². The van der Waals surface area contributed by atoms with Crippen LogP contribution in [-0.4, -0.2) is 23.1 Å². The van der Waals surface area contributed by atoms with E-state index in [0.29, 0.717) is 0 Å². The van der Waals surface area contributed by atoms with Crippen molar-refractivity contribution in [3.8, 4) is 0 Å². The van der Waals surface area contributed by atoms with Crippen LogP contribution in [0.5, 0.6) is 0 Å². The molecule has 0 amide bonds. The van der Waals surface area contributed by atoms with Crippen LogP contribution >= 0.6 is 0 Å². The van der Waals surface area contributed by atoms with Gasteiger partial charge in [0, 0.05) is 0 Å². The van der Waals surface area contributed by atoms with Crippen LogP contribution in [-0.2, 0) is 0 Å². The van der Waals surface area contributed by atoms with E-state index in [9.17, 15) is 0 Å². The minimum absolute atomic E-state index is 0. The summed E-state index contributed by atoms with van der Waals surface area (Å²) in [5, 5.41) is 0. The molecule has 0 spiro atoms. The van der Waals surface area contributed by atoms with Gasteiger partial charge >= 0.3 is 23.1 Å². The summed E-state index contributed by atoms with van der Waals surface area (Å²) >= 11 is 0. The molecule has 0 aromatic heterocycles. The van der Waals surface area contributed by atoms with Gasteiger partial charge < -0.3 is 23.4 Å². The van der Waals surface area contributed by atoms with Gasteiger partial charge in [-0.25, -0.2) is 0 Å². The molecular weight excluding hydrogens is 248 g/mol. The molecule has 0 bridgehead atoms. The Hall–Kier alpha value is 1.25. The average molecular weight is 272 g/mol. The van der Waals surface area contributed by atoms with Crippen molar-refractivity contribution in [2.45, 2.75) is 58.8 Å². The monoisotopic (exact) mass is 270 g/mol. The summed E-state index contributed by atoms with van der Waals surface area (Å²) in [6.45, 7) is 4.61. The number of rotatable bonds is 4. The maximum absolute atomic E-state index is 2.65. The molecule has 1 rings (SSSR count). The van der Waals surface area contributed by atoms with Gasteiger partial charge in [0.05, 0.1) is 0 Å². The molecule has 2 atom stereocenters. The molecule has 0 heterocycles. The van der Waals surface area contributed by atoms with E-state index in [-0.39, 0.29) is 40.0 Å². The molecule has 2 heteroatoms. The molecule has 2 unspecified atom stereocenters. The summed E-state index contributed by atoms with van der Waals surface area (Å²) < 4.78 is 0. The summed E-state index contributed by atoms with van der Waals surface area (Å²) in [6.07, 6.45) is 12.6. The van der Waals surface area contributed by atoms with E-state index in [1.807, 2.05) is 0 Å². The van der Waals surface area contributed by atoms with Crippen LogP contribution in [0.1, 0.15) is 58.8 Å². The summed E-state index contributed by atoms with van der Waals surface area (Å²) in [4.78, 5) is 0. The number of hydrogen-bond donors (Lipinski definition) is 0. The Morgan fingerprint density at radius 2 is 1.43 bits per heavy atom. The Morgan fingerprint density at radius 1 is 1.00 bits per heavy atom. The Labute approximate surface area is 117 Å².